The molecule has 2 nitrogen and oxygen atoms in total. The van der Waals surface area contributed by atoms with E-state index in [1.165, 1.54) is 51.5 Å². The van der Waals surface area contributed by atoms with Gasteiger partial charge in [-0.1, -0.05) is 6.42 Å². The Morgan fingerprint density at radius 2 is 1.89 bits per heavy atom. The summed E-state index contributed by atoms with van der Waals surface area (Å²) in [6, 6.07) is 0. The normalized spacial score (nSPS) is 63.2. The SMILES string of the molecule is CN1CC2C3CCC(C3)C2C2(CC3CCC2C3)C1O. The predicted octanol–water partition coefficient (Wildman–Crippen LogP) is 2.72. The van der Waals surface area contributed by atoms with Crippen LogP contribution in [0.1, 0.15) is 44.9 Å². The van der Waals surface area contributed by atoms with Gasteiger partial charge < -0.3 is 5.11 Å². The van der Waals surface area contributed by atoms with Gasteiger partial charge in [-0.25, -0.2) is 0 Å². The zero-order chi connectivity index (χ0) is 12.8. The minimum Gasteiger partial charge on any atom is -0.378 e. The Morgan fingerprint density at radius 1 is 1.05 bits per heavy atom. The lowest BCUT2D eigenvalue weighted by Crippen LogP contribution is -2.62. The molecule has 0 aromatic rings. The minimum absolute atomic E-state index is 0.136. The monoisotopic (exact) mass is 261 g/mol. The van der Waals surface area contributed by atoms with E-state index in [-0.39, 0.29) is 6.23 Å². The zero-order valence-corrected chi connectivity index (χ0v) is 12.1. The average molecular weight is 261 g/mol. The quantitative estimate of drug-likeness (QED) is 0.725. The van der Waals surface area contributed by atoms with Crippen molar-refractivity contribution in [3.05, 3.63) is 0 Å². The number of fused-ring (bicyclic) bond motifs is 9. The van der Waals surface area contributed by atoms with E-state index in [2.05, 4.69) is 11.9 Å². The number of rotatable bonds is 0. The Morgan fingerprint density at radius 3 is 2.63 bits per heavy atom. The smallest absolute Gasteiger partial charge is 0.113 e. The first kappa shape index (κ1) is 11.6. The molecule has 0 amide bonds. The molecule has 8 atom stereocenters. The van der Waals surface area contributed by atoms with Gasteiger partial charge >= 0.3 is 0 Å². The molecule has 1 N–H and O–H groups in total. The summed E-state index contributed by atoms with van der Waals surface area (Å²) in [6.45, 7) is 1.17. The highest BCUT2D eigenvalue weighted by Gasteiger charge is 2.67. The molecule has 4 bridgehead atoms. The standard InChI is InChI=1S/C17H27NO/c1-18-9-14-11-3-4-12(7-11)15(14)17(16(18)19)8-10-2-5-13(17)6-10/h10-16,19H,2-9H2,1H3. The van der Waals surface area contributed by atoms with Gasteiger partial charge in [0.05, 0.1) is 0 Å². The van der Waals surface area contributed by atoms with E-state index in [9.17, 15) is 5.11 Å². The van der Waals surface area contributed by atoms with Crippen LogP contribution in [0.4, 0.5) is 0 Å². The minimum atomic E-state index is -0.136. The van der Waals surface area contributed by atoms with E-state index in [1.54, 1.807) is 0 Å². The lowest BCUT2D eigenvalue weighted by atomic mass is 9.54. The van der Waals surface area contributed by atoms with Crippen molar-refractivity contribution in [2.75, 3.05) is 13.6 Å². The van der Waals surface area contributed by atoms with E-state index in [0.29, 0.717) is 5.41 Å². The molecule has 2 heteroatoms. The van der Waals surface area contributed by atoms with Gasteiger partial charge in [-0.3, -0.25) is 4.90 Å². The zero-order valence-electron chi connectivity index (χ0n) is 12.1. The number of likely N-dealkylation sites (tertiary alicyclic amines) is 1. The van der Waals surface area contributed by atoms with Crippen LogP contribution in [-0.2, 0) is 0 Å². The highest BCUT2D eigenvalue weighted by atomic mass is 16.3. The second-order valence-corrected chi connectivity index (χ2v) is 8.53. The van der Waals surface area contributed by atoms with Crippen LogP contribution in [0.25, 0.3) is 0 Å². The van der Waals surface area contributed by atoms with Crippen LogP contribution < -0.4 is 0 Å². The maximum Gasteiger partial charge on any atom is 0.113 e. The van der Waals surface area contributed by atoms with Crippen molar-refractivity contribution in [2.24, 2.45) is 40.9 Å². The molecule has 8 unspecified atom stereocenters. The maximum atomic E-state index is 11.1. The number of nitrogens with zero attached hydrogens (tertiary/aromatic N) is 1. The Kier molecular flexibility index (Phi) is 2.17. The van der Waals surface area contributed by atoms with E-state index in [4.69, 9.17) is 0 Å². The molecule has 19 heavy (non-hydrogen) atoms. The van der Waals surface area contributed by atoms with E-state index in [0.717, 1.165) is 35.5 Å². The summed E-state index contributed by atoms with van der Waals surface area (Å²) in [5.74, 6) is 5.57. The summed E-state index contributed by atoms with van der Waals surface area (Å²) >= 11 is 0. The molecule has 1 heterocycles. The van der Waals surface area contributed by atoms with E-state index in [1.807, 2.05) is 0 Å². The molecule has 1 aliphatic heterocycles. The van der Waals surface area contributed by atoms with Gasteiger partial charge in [0.15, 0.2) is 0 Å². The van der Waals surface area contributed by atoms with Crippen molar-refractivity contribution >= 4 is 0 Å². The fourth-order valence-corrected chi connectivity index (χ4v) is 7.67. The molecule has 4 aliphatic carbocycles. The summed E-state index contributed by atoms with van der Waals surface area (Å²) < 4.78 is 0. The maximum absolute atomic E-state index is 11.1. The fourth-order valence-electron chi connectivity index (χ4n) is 7.67. The highest BCUT2D eigenvalue weighted by Crippen LogP contribution is 2.70. The number of hydrogen-bond donors (Lipinski definition) is 1. The Balaban J connectivity index is 1.61. The summed E-state index contributed by atoms with van der Waals surface area (Å²) in [5, 5.41) is 11.1. The Labute approximate surface area is 116 Å². The van der Waals surface area contributed by atoms with Crippen LogP contribution in [0, 0.1) is 40.9 Å². The van der Waals surface area contributed by atoms with Crippen LogP contribution >= 0.6 is 0 Å². The topological polar surface area (TPSA) is 23.5 Å². The largest absolute Gasteiger partial charge is 0.378 e. The van der Waals surface area contributed by atoms with Crippen LogP contribution in [0.15, 0.2) is 0 Å². The number of aliphatic hydroxyl groups is 1. The molecular formula is C17H27NO. The summed E-state index contributed by atoms with van der Waals surface area (Å²) in [5.41, 5.74) is 0.306. The third kappa shape index (κ3) is 1.22. The fraction of sp³-hybridized carbons (Fsp3) is 1.00. The van der Waals surface area contributed by atoms with Gasteiger partial charge in [0.1, 0.15) is 6.23 Å². The summed E-state index contributed by atoms with van der Waals surface area (Å²) in [4.78, 5) is 2.32. The van der Waals surface area contributed by atoms with Crippen LogP contribution in [0.2, 0.25) is 0 Å². The van der Waals surface area contributed by atoms with Crippen LogP contribution in [0.3, 0.4) is 0 Å². The Bertz CT molecular complexity index is 410. The first-order valence-corrected chi connectivity index (χ1v) is 8.58. The molecule has 1 saturated heterocycles. The second-order valence-electron chi connectivity index (χ2n) is 8.53. The number of hydrogen-bond acceptors (Lipinski definition) is 2. The van der Waals surface area contributed by atoms with Gasteiger partial charge in [-0.05, 0) is 81.1 Å². The summed E-state index contributed by atoms with van der Waals surface area (Å²) in [7, 11) is 2.18. The van der Waals surface area contributed by atoms with E-state index >= 15 is 0 Å². The number of aliphatic hydroxyl groups excluding tert-OH is 1. The summed E-state index contributed by atoms with van der Waals surface area (Å²) in [6.07, 6.45) is 9.98. The molecule has 1 spiro atoms. The molecular weight excluding hydrogens is 234 g/mol. The third-order valence-corrected chi connectivity index (χ3v) is 8.05. The third-order valence-electron chi connectivity index (χ3n) is 8.05. The lowest BCUT2D eigenvalue weighted by molar-refractivity contribution is -0.196. The van der Waals surface area contributed by atoms with Gasteiger partial charge in [0, 0.05) is 12.0 Å². The molecule has 4 saturated carbocycles. The van der Waals surface area contributed by atoms with Gasteiger partial charge in [-0.2, -0.15) is 0 Å². The molecule has 5 fully saturated rings. The van der Waals surface area contributed by atoms with Crippen molar-refractivity contribution in [1.29, 1.82) is 0 Å². The average Bonchev–Trinajstić information content (AvgIpc) is 3.14. The van der Waals surface area contributed by atoms with Crippen molar-refractivity contribution < 1.29 is 5.11 Å². The first-order chi connectivity index (χ1) is 9.20. The number of piperidine rings is 1. The van der Waals surface area contributed by atoms with Gasteiger partial charge in [0.25, 0.3) is 0 Å². The predicted molar refractivity (Wildman–Crippen MR) is 74.3 cm³/mol. The van der Waals surface area contributed by atoms with Gasteiger partial charge in [0.2, 0.25) is 0 Å². The van der Waals surface area contributed by atoms with Crippen molar-refractivity contribution in [1.82, 2.24) is 4.90 Å². The molecule has 5 rings (SSSR count). The first-order valence-electron chi connectivity index (χ1n) is 8.58. The van der Waals surface area contributed by atoms with Crippen molar-refractivity contribution in [2.45, 2.75) is 51.2 Å². The second kappa shape index (κ2) is 3.57. The van der Waals surface area contributed by atoms with Crippen molar-refractivity contribution in [3.63, 3.8) is 0 Å². The van der Waals surface area contributed by atoms with E-state index < -0.39 is 0 Å². The Hall–Kier alpha value is -0.0800. The van der Waals surface area contributed by atoms with Gasteiger partial charge in [-0.15, -0.1) is 0 Å². The highest BCUT2D eigenvalue weighted by molar-refractivity contribution is 5.15. The van der Waals surface area contributed by atoms with Crippen LogP contribution in [0.5, 0.6) is 0 Å². The molecule has 106 valence electrons. The van der Waals surface area contributed by atoms with Crippen molar-refractivity contribution in [3.8, 4) is 0 Å². The molecule has 0 radical (unpaired) electrons. The molecule has 5 aliphatic rings. The molecule has 0 aromatic carbocycles. The van der Waals surface area contributed by atoms with Crippen LogP contribution in [-0.4, -0.2) is 29.8 Å². The lowest BCUT2D eigenvalue weighted by Gasteiger charge is -2.58. The molecule has 0 aromatic heterocycles.